The van der Waals surface area contributed by atoms with Gasteiger partial charge in [-0.1, -0.05) is 23.7 Å². The van der Waals surface area contributed by atoms with Gasteiger partial charge < -0.3 is 5.73 Å². The maximum Gasteiger partial charge on any atom is 0.152 e. The molecule has 0 aliphatic carbocycles. The zero-order valence-corrected chi connectivity index (χ0v) is 13.3. The number of likely N-dealkylation sites (N-methyl/N-ethyl adjacent to an activating group) is 1. The molecule has 0 aromatic heterocycles. The van der Waals surface area contributed by atoms with Crippen molar-refractivity contribution in [2.24, 2.45) is 5.73 Å². The van der Waals surface area contributed by atoms with Gasteiger partial charge in [-0.15, -0.1) is 0 Å². The fraction of sp³-hybridized carbons (Fsp3) is 0.571. The summed E-state index contributed by atoms with van der Waals surface area (Å²) in [7, 11) is -1.06. The van der Waals surface area contributed by atoms with E-state index in [2.05, 4.69) is 4.90 Å². The first-order valence-electron chi connectivity index (χ1n) is 6.73. The van der Waals surface area contributed by atoms with Gasteiger partial charge in [0.25, 0.3) is 0 Å². The SMILES string of the molecule is CN(Cc1cccc(Cl)c1)C1(CN)CCCS(=O)(=O)C1. The average Bonchev–Trinajstić information content (AvgIpc) is 2.37. The smallest absolute Gasteiger partial charge is 0.152 e. The molecule has 2 rings (SSSR count). The summed E-state index contributed by atoms with van der Waals surface area (Å²) >= 11 is 5.99. The molecule has 20 heavy (non-hydrogen) atoms. The van der Waals surface area contributed by atoms with Crippen LogP contribution in [0.2, 0.25) is 5.02 Å². The van der Waals surface area contributed by atoms with E-state index in [0.717, 1.165) is 12.0 Å². The topological polar surface area (TPSA) is 63.4 Å². The van der Waals surface area contributed by atoms with E-state index in [0.29, 0.717) is 24.5 Å². The van der Waals surface area contributed by atoms with Crippen molar-refractivity contribution >= 4 is 21.4 Å². The molecule has 1 aromatic rings. The van der Waals surface area contributed by atoms with Crippen molar-refractivity contribution in [1.82, 2.24) is 4.90 Å². The zero-order chi connectivity index (χ0) is 14.8. The lowest BCUT2D eigenvalue weighted by Crippen LogP contribution is -2.58. The Hall–Kier alpha value is -0.620. The normalized spacial score (nSPS) is 25.8. The summed E-state index contributed by atoms with van der Waals surface area (Å²) in [4.78, 5) is 2.06. The Morgan fingerprint density at radius 2 is 2.20 bits per heavy atom. The van der Waals surface area contributed by atoms with Crippen molar-refractivity contribution in [3.63, 3.8) is 0 Å². The maximum atomic E-state index is 11.9. The van der Waals surface area contributed by atoms with Crippen LogP contribution in [0.3, 0.4) is 0 Å². The Balaban J connectivity index is 2.18. The standard InChI is InChI=1S/C14H21ClN2O2S/c1-17(9-12-4-2-5-13(15)8-12)14(10-16)6-3-7-20(18,19)11-14/h2,4-5,8H,3,6-7,9-11,16H2,1H3. The van der Waals surface area contributed by atoms with Crippen LogP contribution in [0, 0.1) is 0 Å². The Labute approximate surface area is 125 Å². The highest BCUT2D eigenvalue weighted by Crippen LogP contribution is 2.29. The van der Waals surface area contributed by atoms with E-state index in [1.807, 2.05) is 31.3 Å². The van der Waals surface area contributed by atoms with Gasteiger partial charge in [-0.2, -0.15) is 0 Å². The number of nitrogens with zero attached hydrogens (tertiary/aromatic N) is 1. The summed E-state index contributed by atoms with van der Waals surface area (Å²) in [6.07, 6.45) is 1.50. The summed E-state index contributed by atoms with van der Waals surface area (Å²) in [5.41, 5.74) is 6.52. The van der Waals surface area contributed by atoms with Crippen LogP contribution in [-0.2, 0) is 16.4 Å². The maximum absolute atomic E-state index is 11.9. The fourth-order valence-electron chi connectivity index (χ4n) is 2.87. The van der Waals surface area contributed by atoms with E-state index >= 15 is 0 Å². The van der Waals surface area contributed by atoms with Crippen LogP contribution >= 0.6 is 11.6 Å². The van der Waals surface area contributed by atoms with E-state index in [1.165, 1.54) is 0 Å². The van der Waals surface area contributed by atoms with Crippen molar-refractivity contribution in [3.8, 4) is 0 Å². The first kappa shape index (κ1) is 15.8. The minimum atomic E-state index is -3.00. The quantitative estimate of drug-likeness (QED) is 0.918. The van der Waals surface area contributed by atoms with Gasteiger partial charge in [-0.25, -0.2) is 8.42 Å². The third-order valence-corrected chi connectivity index (χ3v) is 6.21. The summed E-state index contributed by atoms with van der Waals surface area (Å²) in [6, 6.07) is 7.62. The number of rotatable bonds is 4. The van der Waals surface area contributed by atoms with Crippen molar-refractivity contribution in [2.75, 3.05) is 25.1 Å². The van der Waals surface area contributed by atoms with Crippen LogP contribution in [0.25, 0.3) is 0 Å². The van der Waals surface area contributed by atoms with Crippen molar-refractivity contribution in [2.45, 2.75) is 24.9 Å². The summed E-state index contributed by atoms with van der Waals surface area (Å²) in [5.74, 6) is 0.424. The minimum Gasteiger partial charge on any atom is -0.329 e. The molecule has 0 spiro atoms. The summed E-state index contributed by atoms with van der Waals surface area (Å²) in [6.45, 7) is 0.997. The lowest BCUT2D eigenvalue weighted by molar-refractivity contribution is 0.124. The zero-order valence-electron chi connectivity index (χ0n) is 11.7. The monoisotopic (exact) mass is 316 g/mol. The van der Waals surface area contributed by atoms with Crippen LogP contribution < -0.4 is 5.73 Å². The van der Waals surface area contributed by atoms with Gasteiger partial charge in [0.2, 0.25) is 0 Å². The number of hydrogen-bond acceptors (Lipinski definition) is 4. The first-order chi connectivity index (χ1) is 9.37. The third-order valence-electron chi connectivity index (χ3n) is 4.08. The van der Waals surface area contributed by atoms with E-state index in [9.17, 15) is 8.42 Å². The molecule has 6 heteroatoms. The molecule has 1 unspecified atom stereocenters. The first-order valence-corrected chi connectivity index (χ1v) is 8.93. The highest BCUT2D eigenvalue weighted by Gasteiger charge is 2.41. The average molecular weight is 317 g/mol. The van der Waals surface area contributed by atoms with Gasteiger partial charge in [0.15, 0.2) is 9.84 Å². The third kappa shape index (κ3) is 3.52. The molecule has 2 N–H and O–H groups in total. The molecule has 1 heterocycles. The highest BCUT2D eigenvalue weighted by molar-refractivity contribution is 7.91. The molecule has 0 saturated carbocycles. The largest absolute Gasteiger partial charge is 0.329 e. The van der Waals surface area contributed by atoms with Crippen molar-refractivity contribution in [3.05, 3.63) is 34.9 Å². The van der Waals surface area contributed by atoms with Gasteiger partial charge in [0.05, 0.1) is 11.5 Å². The second-order valence-corrected chi connectivity index (χ2v) is 8.23. The molecule has 1 aliphatic rings. The van der Waals surface area contributed by atoms with Crippen molar-refractivity contribution in [1.29, 1.82) is 0 Å². The highest BCUT2D eigenvalue weighted by atomic mass is 35.5. The van der Waals surface area contributed by atoms with E-state index in [-0.39, 0.29) is 11.5 Å². The second-order valence-electron chi connectivity index (χ2n) is 5.61. The lowest BCUT2D eigenvalue weighted by atomic mass is 9.93. The number of benzene rings is 1. The van der Waals surface area contributed by atoms with Gasteiger partial charge in [0, 0.05) is 23.7 Å². The van der Waals surface area contributed by atoms with Crippen molar-refractivity contribution < 1.29 is 8.42 Å². The van der Waals surface area contributed by atoms with Crippen LogP contribution in [0.4, 0.5) is 0 Å². The van der Waals surface area contributed by atoms with Gasteiger partial charge in [-0.05, 0) is 37.6 Å². The summed E-state index contributed by atoms with van der Waals surface area (Å²) in [5, 5.41) is 0.689. The Morgan fingerprint density at radius 3 is 2.80 bits per heavy atom. The van der Waals surface area contributed by atoms with E-state index in [1.54, 1.807) is 0 Å². The molecule has 112 valence electrons. The molecule has 1 fully saturated rings. The van der Waals surface area contributed by atoms with Crippen LogP contribution in [-0.4, -0.2) is 44.0 Å². The predicted octanol–water partition coefficient (Wildman–Crippen LogP) is 1.68. The molecule has 1 aliphatic heterocycles. The lowest BCUT2D eigenvalue weighted by Gasteiger charge is -2.43. The molecule has 0 bridgehead atoms. The number of nitrogens with two attached hydrogens (primary N) is 1. The number of sulfone groups is 1. The second kappa shape index (κ2) is 6.02. The molecule has 1 atom stereocenters. The molecule has 0 radical (unpaired) electrons. The summed E-state index contributed by atoms with van der Waals surface area (Å²) < 4.78 is 23.9. The molecule has 4 nitrogen and oxygen atoms in total. The molecular weight excluding hydrogens is 296 g/mol. The Morgan fingerprint density at radius 1 is 1.45 bits per heavy atom. The number of halogens is 1. The van der Waals surface area contributed by atoms with E-state index < -0.39 is 15.4 Å². The predicted molar refractivity (Wildman–Crippen MR) is 82.6 cm³/mol. The fourth-order valence-corrected chi connectivity index (χ4v) is 5.11. The Bertz CT molecular complexity index is 576. The molecule has 0 amide bonds. The Kier molecular flexibility index (Phi) is 4.74. The molecule has 1 saturated heterocycles. The van der Waals surface area contributed by atoms with Gasteiger partial charge in [-0.3, -0.25) is 4.90 Å². The van der Waals surface area contributed by atoms with Crippen LogP contribution in [0.5, 0.6) is 0 Å². The van der Waals surface area contributed by atoms with Gasteiger partial charge in [0.1, 0.15) is 0 Å². The molecule has 1 aromatic carbocycles. The van der Waals surface area contributed by atoms with Gasteiger partial charge >= 0.3 is 0 Å². The number of hydrogen-bond donors (Lipinski definition) is 1. The minimum absolute atomic E-state index is 0.146. The van der Waals surface area contributed by atoms with Crippen LogP contribution in [0.15, 0.2) is 24.3 Å². The molecular formula is C14H21ClN2O2S. The van der Waals surface area contributed by atoms with E-state index in [4.69, 9.17) is 17.3 Å². The van der Waals surface area contributed by atoms with Crippen LogP contribution in [0.1, 0.15) is 18.4 Å².